The molecule has 1 nitrogen and oxygen atoms in total. The van der Waals surface area contributed by atoms with E-state index in [9.17, 15) is 4.79 Å². The third-order valence-corrected chi connectivity index (χ3v) is 0.326. The third kappa shape index (κ3) is 58.5. The van der Waals surface area contributed by atoms with E-state index in [4.69, 9.17) is 0 Å². The second-order valence-corrected chi connectivity index (χ2v) is 0.757. The van der Waals surface area contributed by atoms with Crippen molar-refractivity contribution in [2.75, 3.05) is 0 Å². The molecule has 60 valence electrons. The van der Waals surface area contributed by atoms with Crippen molar-refractivity contribution >= 4 is 6.29 Å². The molecule has 1 heteroatoms. The van der Waals surface area contributed by atoms with Gasteiger partial charge in [0.2, 0.25) is 0 Å². The number of hydrogen-bond donors (Lipinski definition) is 0. The van der Waals surface area contributed by atoms with Crippen molar-refractivity contribution in [2.24, 2.45) is 0 Å². The maximum atomic E-state index is 9.43. The van der Waals surface area contributed by atoms with Crippen LogP contribution in [-0.2, 0) is 4.79 Å². The molecule has 0 heterocycles. The Balaban J connectivity index is -0.000000105. The van der Waals surface area contributed by atoms with E-state index in [1.807, 2.05) is 27.7 Å². The van der Waals surface area contributed by atoms with Gasteiger partial charge in [-0.05, 0) is 6.08 Å². The predicted molar refractivity (Wildman–Crippen MR) is 48.1 cm³/mol. The Labute approximate surface area is 64.5 Å². The van der Waals surface area contributed by atoms with Gasteiger partial charge in [0, 0.05) is 0 Å². The zero-order chi connectivity index (χ0) is 8.83. The van der Waals surface area contributed by atoms with Gasteiger partial charge in [-0.2, -0.15) is 0 Å². The average Bonchev–Trinajstić information content (AvgIpc) is 2.08. The van der Waals surface area contributed by atoms with Gasteiger partial charge in [-0.3, -0.25) is 4.79 Å². The second-order valence-electron chi connectivity index (χ2n) is 0.757. The monoisotopic (exact) mass is 142 g/mol. The first-order chi connectivity index (χ1) is 4.91. The van der Waals surface area contributed by atoms with Crippen LogP contribution in [-0.4, -0.2) is 6.29 Å². The molecule has 0 rings (SSSR count). The molecule has 0 unspecified atom stereocenters. The molecule has 0 aromatic rings. The smallest absolute Gasteiger partial charge is 0.142 e. The third-order valence-electron chi connectivity index (χ3n) is 0.326. The lowest BCUT2D eigenvalue weighted by atomic mass is 10.5. The van der Waals surface area contributed by atoms with Crippen molar-refractivity contribution in [3.8, 4) is 0 Å². The lowest BCUT2D eigenvalue weighted by Gasteiger charge is -1.56. The fourth-order valence-corrected chi connectivity index (χ4v) is 0.124. The standard InChI is InChI=1S/C5H6O.2C2H6/c1-2-3-4-5-6;2*1-2/h2-5H,1H2;2*1-2H3/b4-3+;;. The molecule has 0 saturated carbocycles. The molecular formula is C9H18O. The van der Waals surface area contributed by atoms with Crippen molar-refractivity contribution in [2.45, 2.75) is 27.7 Å². The zero-order valence-corrected chi connectivity index (χ0v) is 7.42. The molecule has 0 aromatic carbocycles. The highest BCUT2D eigenvalue weighted by Gasteiger charge is 1.52. The van der Waals surface area contributed by atoms with Crippen LogP contribution < -0.4 is 0 Å². The molecule has 0 aliphatic heterocycles. The molecule has 0 aliphatic rings. The largest absolute Gasteiger partial charge is 0.299 e. The first-order valence-corrected chi connectivity index (χ1v) is 3.64. The van der Waals surface area contributed by atoms with Gasteiger partial charge in [-0.25, -0.2) is 0 Å². The van der Waals surface area contributed by atoms with Crippen LogP contribution in [0.25, 0.3) is 0 Å². The molecule has 0 aromatic heterocycles. The topological polar surface area (TPSA) is 17.1 Å². The number of aldehydes is 1. The minimum Gasteiger partial charge on any atom is -0.299 e. The molecule has 0 amide bonds. The van der Waals surface area contributed by atoms with Crippen molar-refractivity contribution in [3.63, 3.8) is 0 Å². The fraction of sp³-hybridized carbons (Fsp3) is 0.444. The van der Waals surface area contributed by atoms with Crippen molar-refractivity contribution < 1.29 is 4.79 Å². The summed E-state index contributed by atoms with van der Waals surface area (Å²) in [6, 6.07) is 0. The summed E-state index contributed by atoms with van der Waals surface area (Å²) in [5, 5.41) is 0. The fourth-order valence-electron chi connectivity index (χ4n) is 0.124. The molecule has 0 radical (unpaired) electrons. The van der Waals surface area contributed by atoms with Gasteiger partial charge in [0.15, 0.2) is 0 Å². The van der Waals surface area contributed by atoms with Crippen LogP contribution in [0.5, 0.6) is 0 Å². The average molecular weight is 142 g/mol. The van der Waals surface area contributed by atoms with Crippen LogP contribution in [0, 0.1) is 0 Å². The highest BCUT2D eigenvalue weighted by Crippen LogP contribution is 1.63. The lowest BCUT2D eigenvalue weighted by molar-refractivity contribution is -0.104. The first-order valence-electron chi connectivity index (χ1n) is 3.64. The Hall–Kier alpha value is -0.850. The molecule has 0 saturated heterocycles. The molecule has 0 bridgehead atoms. The zero-order valence-electron chi connectivity index (χ0n) is 7.42. The van der Waals surface area contributed by atoms with Gasteiger partial charge in [0.05, 0.1) is 0 Å². The van der Waals surface area contributed by atoms with Crippen LogP contribution in [0.1, 0.15) is 27.7 Å². The van der Waals surface area contributed by atoms with Gasteiger partial charge < -0.3 is 0 Å². The number of allylic oxidation sites excluding steroid dienone is 3. The lowest BCUT2D eigenvalue weighted by Crippen LogP contribution is -1.52. The van der Waals surface area contributed by atoms with E-state index in [1.165, 1.54) is 6.08 Å². The molecule has 0 aliphatic carbocycles. The summed E-state index contributed by atoms with van der Waals surface area (Å²) in [6.45, 7) is 11.4. The Morgan fingerprint density at radius 3 is 1.50 bits per heavy atom. The van der Waals surface area contributed by atoms with Gasteiger partial charge >= 0.3 is 0 Å². The van der Waals surface area contributed by atoms with Crippen molar-refractivity contribution in [1.29, 1.82) is 0 Å². The van der Waals surface area contributed by atoms with Crippen molar-refractivity contribution in [3.05, 3.63) is 24.8 Å². The van der Waals surface area contributed by atoms with Crippen molar-refractivity contribution in [1.82, 2.24) is 0 Å². The van der Waals surface area contributed by atoms with Gasteiger partial charge in [-0.15, -0.1) is 0 Å². The summed E-state index contributed by atoms with van der Waals surface area (Å²) in [7, 11) is 0. The Kier molecular flexibility index (Phi) is 67.5. The molecule has 10 heavy (non-hydrogen) atoms. The Morgan fingerprint density at radius 2 is 1.40 bits per heavy atom. The predicted octanol–water partition coefficient (Wildman–Crippen LogP) is 2.98. The summed E-state index contributed by atoms with van der Waals surface area (Å²) >= 11 is 0. The number of carbonyl (C=O) groups excluding carboxylic acids is 1. The molecule has 0 atom stereocenters. The SMILES string of the molecule is C=C/C=C/C=O.CC.CC. The summed E-state index contributed by atoms with van der Waals surface area (Å²) in [5.74, 6) is 0. The number of hydrogen-bond acceptors (Lipinski definition) is 1. The summed E-state index contributed by atoms with van der Waals surface area (Å²) < 4.78 is 0. The van der Waals surface area contributed by atoms with Crippen LogP contribution in [0.2, 0.25) is 0 Å². The molecule has 0 fully saturated rings. The number of rotatable bonds is 2. The summed E-state index contributed by atoms with van der Waals surface area (Å²) in [5.41, 5.74) is 0. The Morgan fingerprint density at radius 1 is 1.00 bits per heavy atom. The first kappa shape index (κ1) is 16.1. The minimum atomic E-state index is 0.710. The Bertz CT molecular complexity index is 62.8. The van der Waals surface area contributed by atoms with E-state index in [0.29, 0.717) is 6.29 Å². The highest BCUT2D eigenvalue weighted by atomic mass is 16.1. The van der Waals surface area contributed by atoms with E-state index in [2.05, 4.69) is 6.58 Å². The number of carbonyl (C=O) groups is 1. The van der Waals surface area contributed by atoms with Crippen LogP contribution in [0.4, 0.5) is 0 Å². The quantitative estimate of drug-likeness (QED) is 0.329. The summed E-state index contributed by atoms with van der Waals surface area (Å²) in [6.07, 6.45) is 5.22. The molecule has 0 N–H and O–H groups in total. The van der Waals surface area contributed by atoms with Gasteiger partial charge in [-0.1, -0.05) is 46.4 Å². The van der Waals surface area contributed by atoms with E-state index in [-0.39, 0.29) is 0 Å². The van der Waals surface area contributed by atoms with Crippen LogP contribution in [0.15, 0.2) is 24.8 Å². The van der Waals surface area contributed by atoms with E-state index in [0.717, 1.165) is 0 Å². The molecular weight excluding hydrogens is 124 g/mol. The summed E-state index contributed by atoms with van der Waals surface area (Å²) in [4.78, 5) is 9.43. The maximum absolute atomic E-state index is 9.43. The highest BCUT2D eigenvalue weighted by molar-refractivity contribution is 5.65. The molecule has 0 spiro atoms. The van der Waals surface area contributed by atoms with E-state index in [1.54, 1.807) is 12.2 Å². The normalized spacial score (nSPS) is 6.40. The van der Waals surface area contributed by atoms with E-state index >= 15 is 0 Å². The second kappa shape index (κ2) is 42.0. The van der Waals surface area contributed by atoms with Crippen LogP contribution in [0.3, 0.4) is 0 Å². The van der Waals surface area contributed by atoms with Crippen LogP contribution >= 0.6 is 0 Å². The van der Waals surface area contributed by atoms with Gasteiger partial charge in [0.1, 0.15) is 6.29 Å². The van der Waals surface area contributed by atoms with Gasteiger partial charge in [0.25, 0.3) is 0 Å². The maximum Gasteiger partial charge on any atom is 0.142 e. The van der Waals surface area contributed by atoms with E-state index < -0.39 is 0 Å². The minimum absolute atomic E-state index is 0.710.